The molecule has 0 fully saturated rings. The third-order valence-electron chi connectivity index (χ3n) is 1.89. The summed E-state index contributed by atoms with van der Waals surface area (Å²) in [5, 5.41) is 20.6. The molecule has 0 bridgehead atoms. The van der Waals surface area contributed by atoms with E-state index < -0.39 is 0 Å². The Kier molecular flexibility index (Phi) is 6.63. The normalized spacial score (nSPS) is 14.4. The molecule has 0 aliphatic heterocycles. The second-order valence-corrected chi connectivity index (χ2v) is 3.08. The van der Waals surface area contributed by atoms with Crippen molar-refractivity contribution in [1.82, 2.24) is 0 Å². The molecule has 4 N–H and O–H groups in total. The van der Waals surface area contributed by atoms with E-state index in [1.165, 1.54) is 0 Å². The zero-order valence-electron chi connectivity index (χ0n) is 8.94. The summed E-state index contributed by atoms with van der Waals surface area (Å²) in [5.41, 5.74) is 11.0. The summed E-state index contributed by atoms with van der Waals surface area (Å²) in [6.07, 6.45) is 13.8. The zero-order valence-corrected chi connectivity index (χ0v) is 10.0. The molecule has 0 amide bonds. The van der Waals surface area contributed by atoms with Gasteiger partial charge in [-0.3, -0.25) is 0 Å². The van der Waals surface area contributed by atoms with Crippen molar-refractivity contribution in [1.29, 1.82) is 0 Å². The summed E-state index contributed by atoms with van der Waals surface area (Å²) < 4.78 is 0. The Morgan fingerprint density at radius 3 is 1.06 bits per heavy atom. The van der Waals surface area contributed by atoms with Gasteiger partial charge in [0.2, 0.25) is 0 Å². The van der Waals surface area contributed by atoms with E-state index in [-0.39, 0.29) is 28.8 Å². The van der Waals surface area contributed by atoms with Crippen LogP contribution in [-0.2, 0) is 17.1 Å². The van der Waals surface area contributed by atoms with Gasteiger partial charge in [-0.1, -0.05) is 48.6 Å². The minimum absolute atomic E-state index is 0. The fourth-order valence-corrected chi connectivity index (χ4v) is 1.08. The molecule has 0 atom stereocenters. The van der Waals surface area contributed by atoms with Crippen molar-refractivity contribution in [2.45, 2.75) is 0 Å². The van der Waals surface area contributed by atoms with Crippen LogP contribution in [0.2, 0.25) is 0 Å². The Bertz CT molecular complexity index is 365. The smallest absolute Gasteiger partial charge is 0.860 e. The van der Waals surface area contributed by atoms with Gasteiger partial charge in [-0.2, -0.15) is 0 Å². The van der Waals surface area contributed by atoms with Gasteiger partial charge < -0.3 is 21.7 Å². The van der Waals surface area contributed by atoms with Gasteiger partial charge in [0, 0.05) is 0 Å². The first kappa shape index (κ1) is 15.2. The first-order valence-corrected chi connectivity index (χ1v) is 4.64. The fourth-order valence-electron chi connectivity index (χ4n) is 1.08. The molecule has 0 aromatic carbocycles. The van der Waals surface area contributed by atoms with Crippen LogP contribution in [0, 0.1) is 0 Å². The molecule has 0 saturated heterocycles. The Hall–Kier alpha value is -1.84. The van der Waals surface area contributed by atoms with Crippen molar-refractivity contribution >= 4 is 0 Å². The summed E-state index contributed by atoms with van der Waals surface area (Å²) in [5.74, 6) is -0.731. The van der Waals surface area contributed by atoms with Crippen LogP contribution in [0.4, 0.5) is 0 Å². The van der Waals surface area contributed by atoms with Crippen molar-refractivity contribution in [3.8, 4) is 0 Å². The Labute approximate surface area is 110 Å². The average Bonchev–Trinajstić information content (AvgIpc) is 2.93. The average molecular weight is 272 g/mol. The van der Waals surface area contributed by atoms with E-state index in [1.807, 2.05) is 0 Å². The van der Waals surface area contributed by atoms with Crippen LogP contribution < -0.4 is 21.7 Å². The van der Waals surface area contributed by atoms with Crippen molar-refractivity contribution in [3.63, 3.8) is 0 Å². The van der Waals surface area contributed by atoms with Crippen molar-refractivity contribution < 1.29 is 27.3 Å². The minimum atomic E-state index is -0.366. The number of hydrogen-bond acceptors (Lipinski definition) is 4. The molecule has 0 aromatic rings. The van der Waals surface area contributed by atoms with Crippen LogP contribution in [0.25, 0.3) is 0 Å². The monoisotopic (exact) mass is 272 g/mol. The largest absolute Gasteiger partial charge is 2.00 e. The third kappa shape index (κ3) is 5.15. The van der Waals surface area contributed by atoms with Crippen LogP contribution in [-0.4, -0.2) is 0 Å². The van der Waals surface area contributed by atoms with Gasteiger partial charge in [0.25, 0.3) is 0 Å². The van der Waals surface area contributed by atoms with Gasteiger partial charge in [0.15, 0.2) is 0 Å². The zero-order chi connectivity index (χ0) is 12.0. The second kappa shape index (κ2) is 7.44. The van der Waals surface area contributed by atoms with Crippen LogP contribution >= 0.6 is 0 Å². The number of hydrogen-bond donors (Lipinski definition) is 2. The van der Waals surface area contributed by atoms with E-state index in [1.54, 1.807) is 48.6 Å². The molecule has 90 valence electrons. The van der Waals surface area contributed by atoms with Crippen molar-refractivity contribution in [2.75, 3.05) is 0 Å². The maximum Gasteiger partial charge on any atom is 2.00 e. The minimum Gasteiger partial charge on any atom is -0.860 e. The van der Waals surface area contributed by atoms with Crippen LogP contribution in [0.3, 0.4) is 0 Å². The number of nitrogens with two attached hydrogens (primary N) is 2. The summed E-state index contributed by atoms with van der Waals surface area (Å²) >= 11 is 0. The predicted octanol–water partition coefficient (Wildman–Crippen LogP) is -0.717. The van der Waals surface area contributed by atoms with Crippen LogP contribution in [0.1, 0.15) is 0 Å². The van der Waals surface area contributed by atoms with Gasteiger partial charge in [-0.25, -0.2) is 0 Å². The van der Waals surface area contributed by atoms with Gasteiger partial charge >= 0.3 is 17.1 Å². The molecule has 2 aliphatic rings. The predicted molar refractivity (Wildman–Crippen MR) is 59.0 cm³/mol. The van der Waals surface area contributed by atoms with Gasteiger partial charge in [-0.05, 0) is 22.9 Å². The van der Waals surface area contributed by atoms with E-state index in [9.17, 15) is 10.2 Å². The molecule has 0 heterocycles. The summed E-state index contributed by atoms with van der Waals surface area (Å²) in [7, 11) is 0. The van der Waals surface area contributed by atoms with Crippen LogP contribution in [0.5, 0.6) is 0 Å². The number of rotatable bonds is 0. The molecule has 0 unspecified atom stereocenters. The standard InChI is InChI=1S/2C6H7NO.Fe/c2*7-6(8)5-3-1-2-4-5;/h2*1-4,8H,7H2;/q;;+2/p-2. The van der Waals surface area contributed by atoms with E-state index in [2.05, 4.69) is 0 Å². The maximum atomic E-state index is 10.3. The summed E-state index contributed by atoms with van der Waals surface area (Å²) in [6.45, 7) is 0. The van der Waals surface area contributed by atoms with E-state index >= 15 is 0 Å². The molecular formula is C12H12FeN2O2. The van der Waals surface area contributed by atoms with Gasteiger partial charge in [0.1, 0.15) is 0 Å². The fraction of sp³-hybridized carbons (Fsp3) is 0. The molecule has 5 heteroatoms. The molecule has 2 rings (SSSR count). The molecule has 0 aromatic heterocycles. The van der Waals surface area contributed by atoms with E-state index in [0.717, 1.165) is 0 Å². The Morgan fingerprint density at radius 1 is 0.706 bits per heavy atom. The van der Waals surface area contributed by atoms with E-state index in [0.29, 0.717) is 11.1 Å². The molecular weight excluding hydrogens is 260 g/mol. The second-order valence-electron chi connectivity index (χ2n) is 3.08. The summed E-state index contributed by atoms with van der Waals surface area (Å²) in [6, 6.07) is 0. The summed E-state index contributed by atoms with van der Waals surface area (Å²) in [4.78, 5) is 0. The molecule has 0 spiro atoms. The molecule has 0 saturated carbocycles. The SMILES string of the molecule is NC([O-])=C1C=CC=C1.NC([O-])=C1C=CC=C1.[Fe+2]. The van der Waals surface area contributed by atoms with Crippen LogP contribution in [0.15, 0.2) is 71.5 Å². The molecule has 2 aliphatic carbocycles. The number of allylic oxidation sites excluding steroid dienone is 10. The van der Waals surface area contributed by atoms with Crippen molar-refractivity contribution in [2.24, 2.45) is 11.5 Å². The first-order chi connectivity index (χ1) is 7.61. The van der Waals surface area contributed by atoms with E-state index in [4.69, 9.17) is 11.5 Å². The molecule has 4 nitrogen and oxygen atoms in total. The van der Waals surface area contributed by atoms with Gasteiger partial charge in [-0.15, -0.1) is 0 Å². The van der Waals surface area contributed by atoms with Gasteiger partial charge in [0.05, 0.1) is 0 Å². The van der Waals surface area contributed by atoms with Crippen molar-refractivity contribution in [3.05, 3.63) is 71.5 Å². The quantitative estimate of drug-likeness (QED) is 0.449. The topological polar surface area (TPSA) is 98.2 Å². The Balaban J connectivity index is 0.000000284. The third-order valence-corrected chi connectivity index (χ3v) is 1.89. The molecule has 17 heavy (non-hydrogen) atoms. The molecule has 0 radical (unpaired) electrons. The maximum absolute atomic E-state index is 10.3. The first-order valence-electron chi connectivity index (χ1n) is 4.64. The Morgan fingerprint density at radius 2 is 0.941 bits per heavy atom.